The number of nitrogens with zero attached hydrogens (tertiary/aromatic N) is 1. The Balaban J connectivity index is 1.68. The van der Waals surface area contributed by atoms with Crippen LogP contribution in [0, 0.1) is 13.8 Å². The van der Waals surface area contributed by atoms with Gasteiger partial charge in [-0.2, -0.15) is 0 Å². The lowest BCUT2D eigenvalue weighted by Crippen LogP contribution is -2.21. The van der Waals surface area contributed by atoms with Gasteiger partial charge in [-0.3, -0.25) is 4.79 Å². The van der Waals surface area contributed by atoms with Crippen LogP contribution in [0.5, 0.6) is 0 Å². The van der Waals surface area contributed by atoms with Crippen molar-refractivity contribution < 1.29 is 18.8 Å². The normalized spacial score (nSPS) is 10.5. The molecule has 0 saturated carbocycles. The molecule has 0 fully saturated rings. The van der Waals surface area contributed by atoms with Crippen molar-refractivity contribution in [3.8, 4) is 11.3 Å². The number of esters is 1. The van der Waals surface area contributed by atoms with Gasteiger partial charge in [-0.15, -0.1) is 0 Å². The summed E-state index contributed by atoms with van der Waals surface area (Å²) in [5.74, 6) is -0.748. The fourth-order valence-electron chi connectivity index (χ4n) is 2.56. The van der Waals surface area contributed by atoms with Gasteiger partial charge in [0.05, 0.1) is 0 Å². The molecule has 1 amide bonds. The van der Waals surface area contributed by atoms with E-state index in [1.165, 1.54) is 0 Å². The van der Waals surface area contributed by atoms with Crippen LogP contribution in [0.25, 0.3) is 11.3 Å². The highest BCUT2D eigenvalue weighted by Gasteiger charge is 2.23. The van der Waals surface area contributed by atoms with Gasteiger partial charge < -0.3 is 14.6 Å². The van der Waals surface area contributed by atoms with Gasteiger partial charge in [0, 0.05) is 15.7 Å². The summed E-state index contributed by atoms with van der Waals surface area (Å²) in [5.41, 5.74) is 2.89. The number of benzene rings is 2. The van der Waals surface area contributed by atoms with E-state index in [1.807, 2.05) is 49.4 Å². The topological polar surface area (TPSA) is 81.4 Å². The number of hydrogen-bond acceptors (Lipinski definition) is 5. The van der Waals surface area contributed by atoms with Gasteiger partial charge >= 0.3 is 5.97 Å². The van der Waals surface area contributed by atoms with E-state index >= 15 is 0 Å². The van der Waals surface area contributed by atoms with Gasteiger partial charge in [0.1, 0.15) is 17.0 Å². The minimum atomic E-state index is -0.657. The van der Waals surface area contributed by atoms with Crippen molar-refractivity contribution in [1.82, 2.24) is 5.16 Å². The summed E-state index contributed by atoms with van der Waals surface area (Å²) in [5, 5.41) is 6.66. The van der Waals surface area contributed by atoms with Crippen molar-refractivity contribution in [3.05, 3.63) is 69.9 Å². The molecule has 0 atom stereocenters. The molecule has 0 saturated heterocycles. The first kappa shape index (κ1) is 18.8. The van der Waals surface area contributed by atoms with Crippen LogP contribution in [0.2, 0.25) is 0 Å². The van der Waals surface area contributed by atoms with E-state index in [9.17, 15) is 9.59 Å². The molecule has 3 aromatic rings. The van der Waals surface area contributed by atoms with Crippen molar-refractivity contribution in [2.24, 2.45) is 0 Å². The second-order valence-corrected chi connectivity index (χ2v) is 6.83. The van der Waals surface area contributed by atoms with E-state index in [-0.39, 0.29) is 5.56 Å². The summed E-state index contributed by atoms with van der Waals surface area (Å²) < 4.78 is 11.2. The molecule has 0 aliphatic carbocycles. The maximum atomic E-state index is 12.5. The minimum absolute atomic E-state index is 0.217. The van der Waals surface area contributed by atoms with Crippen molar-refractivity contribution in [2.75, 3.05) is 11.9 Å². The molecule has 7 heteroatoms. The molecule has 0 aliphatic heterocycles. The molecule has 0 radical (unpaired) electrons. The van der Waals surface area contributed by atoms with Gasteiger partial charge in [0.2, 0.25) is 0 Å². The zero-order chi connectivity index (χ0) is 19.4. The maximum absolute atomic E-state index is 12.5. The Bertz CT molecular complexity index is 983. The summed E-state index contributed by atoms with van der Waals surface area (Å²) in [6.45, 7) is 3.09. The third-order valence-electron chi connectivity index (χ3n) is 3.91. The molecule has 1 aromatic heterocycles. The lowest BCUT2D eigenvalue weighted by Gasteiger charge is -2.09. The highest BCUT2D eigenvalue weighted by Crippen LogP contribution is 2.25. The second-order valence-electron chi connectivity index (χ2n) is 5.91. The molecular formula is C20H17BrN2O4. The third-order valence-corrected chi connectivity index (χ3v) is 4.40. The Kier molecular flexibility index (Phi) is 5.71. The molecule has 0 spiro atoms. The van der Waals surface area contributed by atoms with E-state index in [2.05, 4.69) is 26.4 Å². The molecule has 27 heavy (non-hydrogen) atoms. The standard InChI is InChI=1S/C20H17BrN2O4/c1-12-10-15(21)8-9-16(12)22-17(24)11-26-20(25)18-13(2)27-23-19(18)14-6-4-3-5-7-14/h3-10H,11H2,1-2H3,(H,22,24). The molecule has 0 aliphatic rings. The zero-order valence-electron chi connectivity index (χ0n) is 14.8. The van der Waals surface area contributed by atoms with Crippen LogP contribution in [0.3, 0.4) is 0 Å². The molecule has 138 valence electrons. The van der Waals surface area contributed by atoms with Crippen molar-refractivity contribution >= 4 is 33.5 Å². The van der Waals surface area contributed by atoms with Crippen LogP contribution in [-0.4, -0.2) is 23.6 Å². The highest BCUT2D eigenvalue weighted by atomic mass is 79.9. The Morgan fingerprint density at radius 3 is 2.59 bits per heavy atom. The van der Waals surface area contributed by atoms with Crippen molar-refractivity contribution in [1.29, 1.82) is 0 Å². The minimum Gasteiger partial charge on any atom is -0.452 e. The molecule has 1 N–H and O–H groups in total. The zero-order valence-corrected chi connectivity index (χ0v) is 16.4. The highest BCUT2D eigenvalue weighted by molar-refractivity contribution is 9.10. The molecular weight excluding hydrogens is 412 g/mol. The summed E-state index contributed by atoms with van der Waals surface area (Å²) >= 11 is 3.37. The summed E-state index contributed by atoms with van der Waals surface area (Å²) in [7, 11) is 0. The Morgan fingerprint density at radius 1 is 1.15 bits per heavy atom. The van der Waals surface area contributed by atoms with Gasteiger partial charge in [0.25, 0.3) is 5.91 Å². The van der Waals surface area contributed by atoms with Crippen molar-refractivity contribution in [3.63, 3.8) is 0 Å². The van der Waals surface area contributed by atoms with Crippen LogP contribution >= 0.6 is 15.9 Å². The fourth-order valence-corrected chi connectivity index (χ4v) is 3.04. The number of rotatable bonds is 5. The van der Waals surface area contributed by atoms with E-state index < -0.39 is 18.5 Å². The number of hydrogen-bond donors (Lipinski definition) is 1. The summed E-state index contributed by atoms with van der Waals surface area (Å²) in [6, 6.07) is 14.6. The monoisotopic (exact) mass is 428 g/mol. The number of aryl methyl sites for hydroxylation is 2. The van der Waals surface area contributed by atoms with Gasteiger partial charge in [-0.25, -0.2) is 4.79 Å². The predicted octanol–water partition coefficient (Wildman–Crippen LogP) is 4.52. The van der Waals surface area contributed by atoms with Crippen LogP contribution in [-0.2, 0) is 9.53 Å². The second kappa shape index (κ2) is 8.18. The van der Waals surface area contributed by atoms with Gasteiger partial charge in [-0.1, -0.05) is 51.4 Å². The number of halogens is 1. The fraction of sp³-hybridized carbons (Fsp3) is 0.150. The average Bonchev–Trinajstić information content (AvgIpc) is 3.04. The predicted molar refractivity (Wildman–Crippen MR) is 104 cm³/mol. The van der Waals surface area contributed by atoms with Crippen LogP contribution < -0.4 is 5.32 Å². The number of amides is 1. The quantitative estimate of drug-likeness (QED) is 0.604. The number of ether oxygens (including phenoxy) is 1. The molecule has 0 bridgehead atoms. The molecule has 3 rings (SSSR count). The lowest BCUT2D eigenvalue weighted by molar-refractivity contribution is -0.119. The average molecular weight is 429 g/mol. The first-order valence-electron chi connectivity index (χ1n) is 8.20. The van der Waals surface area contributed by atoms with E-state index in [4.69, 9.17) is 9.26 Å². The summed E-state index contributed by atoms with van der Waals surface area (Å²) in [6.07, 6.45) is 0. The van der Waals surface area contributed by atoms with E-state index in [0.29, 0.717) is 17.1 Å². The van der Waals surface area contributed by atoms with E-state index in [0.717, 1.165) is 15.6 Å². The number of nitrogens with one attached hydrogen (secondary N) is 1. The summed E-state index contributed by atoms with van der Waals surface area (Å²) in [4.78, 5) is 24.6. The number of aromatic nitrogens is 1. The smallest absolute Gasteiger partial charge is 0.344 e. The Morgan fingerprint density at radius 2 is 1.89 bits per heavy atom. The first-order chi connectivity index (χ1) is 13.0. The SMILES string of the molecule is Cc1cc(Br)ccc1NC(=O)COC(=O)c1c(-c2ccccc2)noc1C. The third kappa shape index (κ3) is 4.43. The molecule has 2 aromatic carbocycles. The lowest BCUT2D eigenvalue weighted by atomic mass is 10.1. The van der Waals surface area contributed by atoms with Crippen LogP contribution in [0.4, 0.5) is 5.69 Å². The Labute approximate surface area is 164 Å². The van der Waals surface area contributed by atoms with Crippen LogP contribution in [0.15, 0.2) is 57.5 Å². The molecule has 1 heterocycles. The maximum Gasteiger partial charge on any atom is 0.344 e. The first-order valence-corrected chi connectivity index (χ1v) is 9.00. The Hall–Kier alpha value is -2.93. The van der Waals surface area contributed by atoms with E-state index in [1.54, 1.807) is 13.0 Å². The number of carbonyl (C=O) groups excluding carboxylic acids is 2. The van der Waals surface area contributed by atoms with Gasteiger partial charge in [0.15, 0.2) is 6.61 Å². The number of carbonyl (C=O) groups is 2. The number of anilines is 1. The van der Waals surface area contributed by atoms with Gasteiger partial charge in [-0.05, 0) is 37.6 Å². The van der Waals surface area contributed by atoms with Crippen LogP contribution in [0.1, 0.15) is 21.7 Å². The molecule has 6 nitrogen and oxygen atoms in total. The van der Waals surface area contributed by atoms with Crippen molar-refractivity contribution in [2.45, 2.75) is 13.8 Å². The largest absolute Gasteiger partial charge is 0.452 e. The molecule has 0 unspecified atom stereocenters.